The first-order valence-electron chi connectivity index (χ1n) is 10.5. The summed E-state index contributed by atoms with van der Waals surface area (Å²) in [7, 11) is -4.09. The Morgan fingerprint density at radius 1 is 0.765 bits per heavy atom. The Kier molecular flexibility index (Phi) is 5.25. The second-order valence-corrected chi connectivity index (χ2v) is 9.80. The van der Waals surface area contributed by atoms with Gasteiger partial charge in [0.15, 0.2) is 5.65 Å². The number of hydrogen-bond donors (Lipinski definition) is 0. The maximum atomic E-state index is 13.6. The van der Waals surface area contributed by atoms with Crippen LogP contribution in [-0.4, -0.2) is 22.6 Å². The molecular formula is C26H19F2N3O2S. The van der Waals surface area contributed by atoms with Gasteiger partial charge < -0.3 is 0 Å². The fourth-order valence-electron chi connectivity index (χ4n) is 3.86. The number of halogens is 2. The van der Waals surface area contributed by atoms with Gasteiger partial charge in [-0.05, 0) is 79.6 Å². The number of nitrogens with zero attached hydrogens (tertiary/aromatic N) is 3. The molecule has 2 heterocycles. The van der Waals surface area contributed by atoms with Gasteiger partial charge in [-0.1, -0.05) is 29.8 Å². The van der Waals surface area contributed by atoms with Gasteiger partial charge in [0, 0.05) is 11.3 Å². The third-order valence-electron chi connectivity index (χ3n) is 5.56. The third-order valence-corrected chi connectivity index (χ3v) is 7.13. The minimum Gasteiger partial charge on any atom is -0.233 e. The summed E-state index contributed by atoms with van der Waals surface area (Å²) in [5, 5.41) is 4.95. The molecule has 5 aromatic rings. The van der Waals surface area contributed by atoms with Crippen molar-refractivity contribution in [3.8, 4) is 22.4 Å². The van der Waals surface area contributed by atoms with Crippen molar-refractivity contribution in [1.82, 2.24) is 14.2 Å². The molecule has 5 rings (SSSR count). The second kappa shape index (κ2) is 8.14. The molecule has 0 radical (unpaired) electrons. The van der Waals surface area contributed by atoms with E-state index < -0.39 is 15.8 Å². The van der Waals surface area contributed by atoms with Gasteiger partial charge in [0.2, 0.25) is 0 Å². The first kappa shape index (κ1) is 21.9. The molecule has 0 saturated heterocycles. The van der Waals surface area contributed by atoms with Crippen LogP contribution in [0.3, 0.4) is 0 Å². The van der Waals surface area contributed by atoms with Crippen LogP contribution in [-0.2, 0) is 10.0 Å². The Morgan fingerprint density at radius 3 is 1.91 bits per heavy atom. The first-order valence-corrected chi connectivity index (χ1v) is 11.9. The number of fused-ring (bicyclic) bond motifs is 1. The molecule has 0 unspecified atom stereocenters. The standard InChI is InChI=1S/C26H19F2N3O2S/c1-16-3-13-22(14-4-16)34(32,33)31-26-24(25(30-31)19-7-11-21(28)12-8-19)23(15-17(2)29-26)18-5-9-20(27)10-6-18/h3-15H,1-2H3. The Labute approximate surface area is 195 Å². The van der Waals surface area contributed by atoms with E-state index in [9.17, 15) is 17.2 Å². The lowest BCUT2D eigenvalue weighted by Gasteiger charge is -2.09. The quantitative estimate of drug-likeness (QED) is 0.325. The van der Waals surface area contributed by atoms with Gasteiger partial charge in [-0.3, -0.25) is 0 Å². The zero-order valence-corrected chi connectivity index (χ0v) is 19.1. The lowest BCUT2D eigenvalue weighted by molar-refractivity contribution is 0.582. The highest BCUT2D eigenvalue weighted by molar-refractivity contribution is 7.90. The van der Waals surface area contributed by atoms with Gasteiger partial charge in [-0.15, -0.1) is 4.09 Å². The van der Waals surface area contributed by atoms with E-state index in [-0.39, 0.29) is 16.4 Å². The van der Waals surface area contributed by atoms with E-state index in [2.05, 4.69) is 10.1 Å². The molecule has 0 saturated carbocycles. The fraction of sp³-hybridized carbons (Fsp3) is 0.0769. The summed E-state index contributed by atoms with van der Waals surface area (Å²) in [6.07, 6.45) is 0. The summed E-state index contributed by atoms with van der Waals surface area (Å²) in [6.45, 7) is 3.62. The average Bonchev–Trinajstić information content (AvgIpc) is 3.20. The Bertz CT molecular complexity index is 1630. The van der Waals surface area contributed by atoms with E-state index >= 15 is 0 Å². The minimum absolute atomic E-state index is 0.0693. The van der Waals surface area contributed by atoms with Crippen LogP contribution in [0.5, 0.6) is 0 Å². The second-order valence-electron chi connectivity index (χ2n) is 8.03. The van der Waals surface area contributed by atoms with E-state index in [0.717, 1.165) is 9.65 Å². The number of aryl methyl sites for hydroxylation is 2. The molecule has 0 amide bonds. The molecule has 0 aliphatic carbocycles. The summed E-state index contributed by atoms with van der Waals surface area (Å²) in [5.41, 5.74) is 3.80. The van der Waals surface area contributed by atoms with E-state index in [0.29, 0.717) is 33.5 Å². The molecular weight excluding hydrogens is 456 g/mol. The molecule has 0 fully saturated rings. The van der Waals surface area contributed by atoms with Crippen molar-refractivity contribution in [2.24, 2.45) is 0 Å². The molecule has 0 spiro atoms. The highest BCUT2D eigenvalue weighted by Crippen LogP contribution is 2.37. The van der Waals surface area contributed by atoms with Gasteiger partial charge in [0.1, 0.15) is 17.3 Å². The number of aromatic nitrogens is 3. The molecule has 2 aromatic heterocycles. The predicted octanol–water partition coefficient (Wildman–Crippen LogP) is 5.90. The maximum absolute atomic E-state index is 13.6. The maximum Gasteiger partial charge on any atom is 0.284 e. The number of rotatable bonds is 4. The zero-order chi connectivity index (χ0) is 24.0. The van der Waals surface area contributed by atoms with Crippen molar-refractivity contribution in [3.05, 3.63) is 102 Å². The monoisotopic (exact) mass is 475 g/mol. The van der Waals surface area contributed by atoms with Gasteiger partial charge in [-0.2, -0.15) is 13.5 Å². The van der Waals surface area contributed by atoms with E-state index in [1.807, 2.05) is 6.92 Å². The van der Waals surface area contributed by atoms with Crippen molar-refractivity contribution in [2.75, 3.05) is 0 Å². The minimum atomic E-state index is -4.09. The molecule has 0 aliphatic rings. The van der Waals surface area contributed by atoms with Crippen LogP contribution in [0.15, 0.2) is 83.8 Å². The van der Waals surface area contributed by atoms with E-state index in [4.69, 9.17) is 0 Å². The van der Waals surface area contributed by atoms with Crippen LogP contribution in [0.25, 0.3) is 33.4 Å². The largest absolute Gasteiger partial charge is 0.284 e. The van der Waals surface area contributed by atoms with Crippen molar-refractivity contribution in [2.45, 2.75) is 18.7 Å². The Balaban J connectivity index is 1.87. The van der Waals surface area contributed by atoms with Crippen LogP contribution in [0.1, 0.15) is 11.3 Å². The SMILES string of the molecule is Cc1ccc(S(=O)(=O)n2nc(-c3ccc(F)cc3)c3c(-c4ccc(F)cc4)cc(C)nc32)cc1. The van der Waals surface area contributed by atoms with Crippen molar-refractivity contribution in [1.29, 1.82) is 0 Å². The molecule has 0 aliphatic heterocycles. The number of benzene rings is 3. The highest BCUT2D eigenvalue weighted by Gasteiger charge is 2.27. The van der Waals surface area contributed by atoms with Crippen LogP contribution in [0.2, 0.25) is 0 Å². The lowest BCUT2D eigenvalue weighted by Crippen LogP contribution is -2.15. The van der Waals surface area contributed by atoms with Gasteiger partial charge >= 0.3 is 0 Å². The van der Waals surface area contributed by atoms with Crippen molar-refractivity contribution < 1.29 is 17.2 Å². The molecule has 8 heteroatoms. The average molecular weight is 476 g/mol. The number of pyridine rings is 1. The summed E-state index contributed by atoms with van der Waals surface area (Å²) in [6, 6.07) is 19.8. The van der Waals surface area contributed by atoms with Crippen molar-refractivity contribution >= 4 is 21.1 Å². The lowest BCUT2D eigenvalue weighted by atomic mass is 9.99. The van der Waals surface area contributed by atoms with Gasteiger partial charge in [-0.25, -0.2) is 13.8 Å². The Hall–Kier alpha value is -3.91. The summed E-state index contributed by atoms with van der Waals surface area (Å²) < 4.78 is 55.4. The summed E-state index contributed by atoms with van der Waals surface area (Å²) in [4.78, 5) is 4.59. The third kappa shape index (κ3) is 3.76. The topological polar surface area (TPSA) is 64.8 Å². The predicted molar refractivity (Wildman–Crippen MR) is 127 cm³/mol. The van der Waals surface area contributed by atoms with Crippen LogP contribution >= 0.6 is 0 Å². The Morgan fingerprint density at radius 2 is 1.32 bits per heavy atom. The van der Waals surface area contributed by atoms with E-state index in [1.165, 1.54) is 48.5 Å². The summed E-state index contributed by atoms with van der Waals surface area (Å²) in [5.74, 6) is -0.810. The molecule has 0 N–H and O–H groups in total. The molecule has 3 aromatic carbocycles. The van der Waals surface area contributed by atoms with Crippen LogP contribution in [0, 0.1) is 25.5 Å². The summed E-state index contributed by atoms with van der Waals surface area (Å²) >= 11 is 0. The van der Waals surface area contributed by atoms with Gasteiger partial charge in [0.25, 0.3) is 10.0 Å². The highest BCUT2D eigenvalue weighted by atomic mass is 32.2. The van der Waals surface area contributed by atoms with E-state index in [1.54, 1.807) is 37.3 Å². The van der Waals surface area contributed by atoms with Gasteiger partial charge in [0.05, 0.1) is 10.3 Å². The molecule has 170 valence electrons. The molecule has 0 bridgehead atoms. The molecule has 5 nitrogen and oxygen atoms in total. The van der Waals surface area contributed by atoms with Crippen LogP contribution < -0.4 is 0 Å². The number of hydrogen-bond acceptors (Lipinski definition) is 4. The molecule has 0 atom stereocenters. The fourth-order valence-corrected chi connectivity index (χ4v) is 5.09. The zero-order valence-electron chi connectivity index (χ0n) is 18.3. The smallest absolute Gasteiger partial charge is 0.233 e. The normalized spacial score (nSPS) is 11.8. The van der Waals surface area contributed by atoms with Crippen molar-refractivity contribution in [3.63, 3.8) is 0 Å². The first-order chi connectivity index (χ1) is 16.2. The van der Waals surface area contributed by atoms with Crippen LogP contribution in [0.4, 0.5) is 8.78 Å². The molecule has 34 heavy (non-hydrogen) atoms.